The SMILES string of the molecule is O=C(O)C1(c2ccc(N3CCC(c4ccc(F)cc4)CC3)cc2)CCCCC1. The highest BCUT2D eigenvalue weighted by Crippen LogP contribution is 2.40. The standard InChI is InChI=1S/C24H28FNO2/c25-21-8-4-18(5-9-21)19-12-16-26(17-13-19)22-10-6-20(7-11-22)24(23(27)28)14-2-1-3-15-24/h4-11,19H,1-3,12-17H2,(H,27,28). The van der Waals surface area contributed by atoms with Gasteiger partial charge in [0.1, 0.15) is 5.82 Å². The molecule has 28 heavy (non-hydrogen) atoms. The van der Waals surface area contributed by atoms with E-state index in [-0.39, 0.29) is 5.82 Å². The fraction of sp³-hybridized carbons (Fsp3) is 0.458. The number of hydrogen-bond acceptors (Lipinski definition) is 2. The van der Waals surface area contributed by atoms with Crippen molar-refractivity contribution in [3.63, 3.8) is 0 Å². The van der Waals surface area contributed by atoms with Gasteiger partial charge in [-0.1, -0.05) is 43.5 Å². The first-order chi connectivity index (χ1) is 13.6. The van der Waals surface area contributed by atoms with Gasteiger partial charge in [-0.15, -0.1) is 0 Å². The average molecular weight is 381 g/mol. The van der Waals surface area contributed by atoms with Crippen LogP contribution in [0.25, 0.3) is 0 Å². The van der Waals surface area contributed by atoms with Gasteiger partial charge < -0.3 is 10.0 Å². The van der Waals surface area contributed by atoms with Gasteiger partial charge >= 0.3 is 5.97 Å². The van der Waals surface area contributed by atoms with Gasteiger partial charge in [0.15, 0.2) is 0 Å². The summed E-state index contributed by atoms with van der Waals surface area (Å²) in [5.41, 5.74) is 2.63. The molecule has 0 radical (unpaired) electrons. The maximum atomic E-state index is 13.1. The fourth-order valence-corrected chi connectivity index (χ4v) is 4.98. The molecule has 0 aromatic heterocycles. The Morgan fingerprint density at radius 2 is 1.54 bits per heavy atom. The van der Waals surface area contributed by atoms with Crippen molar-refractivity contribution in [3.05, 3.63) is 65.5 Å². The zero-order chi connectivity index (χ0) is 19.6. The molecule has 1 aliphatic heterocycles. The van der Waals surface area contributed by atoms with E-state index in [1.807, 2.05) is 24.3 Å². The van der Waals surface area contributed by atoms with Crippen molar-refractivity contribution < 1.29 is 14.3 Å². The molecule has 4 rings (SSSR count). The first kappa shape index (κ1) is 19.0. The molecule has 0 unspecified atom stereocenters. The van der Waals surface area contributed by atoms with Gasteiger partial charge in [-0.2, -0.15) is 0 Å². The molecule has 2 aromatic rings. The minimum Gasteiger partial charge on any atom is -0.481 e. The Morgan fingerprint density at radius 3 is 2.11 bits per heavy atom. The van der Waals surface area contributed by atoms with Crippen LogP contribution < -0.4 is 4.90 Å². The summed E-state index contributed by atoms with van der Waals surface area (Å²) in [6, 6.07) is 15.1. The molecule has 4 heteroatoms. The number of piperidine rings is 1. The third kappa shape index (κ3) is 3.65. The number of halogens is 1. The van der Waals surface area contributed by atoms with Gasteiger partial charge in [0.2, 0.25) is 0 Å². The molecule has 2 aromatic carbocycles. The second-order valence-corrected chi connectivity index (χ2v) is 8.31. The molecule has 148 valence electrons. The predicted molar refractivity (Wildman–Crippen MR) is 109 cm³/mol. The van der Waals surface area contributed by atoms with Gasteiger partial charge in [0.25, 0.3) is 0 Å². The molecule has 2 fully saturated rings. The number of benzene rings is 2. The summed E-state index contributed by atoms with van der Waals surface area (Å²) in [6.45, 7) is 1.93. The number of nitrogens with zero attached hydrogens (tertiary/aromatic N) is 1. The van der Waals surface area contributed by atoms with Crippen LogP contribution in [-0.2, 0) is 10.2 Å². The molecule has 2 aliphatic rings. The lowest BCUT2D eigenvalue weighted by Gasteiger charge is -2.36. The second-order valence-electron chi connectivity index (χ2n) is 8.31. The van der Waals surface area contributed by atoms with Crippen LogP contribution in [0.5, 0.6) is 0 Å². The number of rotatable bonds is 4. The highest BCUT2D eigenvalue weighted by atomic mass is 19.1. The summed E-state index contributed by atoms with van der Waals surface area (Å²) >= 11 is 0. The summed E-state index contributed by atoms with van der Waals surface area (Å²) < 4.78 is 13.1. The Balaban J connectivity index is 1.43. The lowest BCUT2D eigenvalue weighted by molar-refractivity contribution is -0.145. The smallest absolute Gasteiger partial charge is 0.314 e. The van der Waals surface area contributed by atoms with Gasteiger partial charge in [-0.25, -0.2) is 4.39 Å². The van der Waals surface area contributed by atoms with Crippen molar-refractivity contribution in [1.82, 2.24) is 0 Å². The Morgan fingerprint density at radius 1 is 0.929 bits per heavy atom. The van der Waals surface area contributed by atoms with Gasteiger partial charge in [-0.05, 0) is 67.0 Å². The summed E-state index contributed by atoms with van der Waals surface area (Å²) in [4.78, 5) is 14.4. The molecule has 1 saturated carbocycles. The van der Waals surface area contributed by atoms with Crippen molar-refractivity contribution in [1.29, 1.82) is 0 Å². The first-order valence-corrected chi connectivity index (χ1v) is 10.4. The van der Waals surface area contributed by atoms with E-state index in [4.69, 9.17) is 0 Å². The number of hydrogen-bond donors (Lipinski definition) is 1. The minimum atomic E-state index is -0.702. The van der Waals surface area contributed by atoms with Crippen molar-refractivity contribution in [2.24, 2.45) is 0 Å². The maximum Gasteiger partial charge on any atom is 0.314 e. The highest BCUT2D eigenvalue weighted by molar-refractivity contribution is 5.81. The molecular formula is C24H28FNO2. The summed E-state index contributed by atoms with van der Waals surface area (Å²) in [5.74, 6) is -0.382. The lowest BCUT2D eigenvalue weighted by atomic mass is 9.69. The summed E-state index contributed by atoms with van der Waals surface area (Å²) in [6.07, 6.45) is 6.69. The van der Waals surface area contributed by atoms with Crippen molar-refractivity contribution in [3.8, 4) is 0 Å². The molecular weight excluding hydrogens is 353 g/mol. The van der Waals surface area contributed by atoms with Gasteiger partial charge in [-0.3, -0.25) is 4.79 Å². The van der Waals surface area contributed by atoms with Crippen LogP contribution in [0.3, 0.4) is 0 Å². The summed E-state index contributed by atoms with van der Waals surface area (Å²) in [5, 5.41) is 9.88. The van der Waals surface area contributed by atoms with Gasteiger partial charge in [0, 0.05) is 18.8 Å². The monoisotopic (exact) mass is 381 g/mol. The predicted octanol–water partition coefficient (Wildman–Crippen LogP) is 5.50. The normalized spacial score (nSPS) is 20.1. The van der Waals surface area contributed by atoms with E-state index in [1.54, 1.807) is 12.1 Å². The van der Waals surface area contributed by atoms with E-state index in [1.165, 1.54) is 5.56 Å². The lowest BCUT2D eigenvalue weighted by Crippen LogP contribution is -2.38. The third-order valence-electron chi connectivity index (χ3n) is 6.74. The first-order valence-electron chi connectivity index (χ1n) is 10.4. The third-order valence-corrected chi connectivity index (χ3v) is 6.74. The molecule has 0 amide bonds. The molecule has 0 spiro atoms. The number of carboxylic acids is 1. The van der Waals surface area contributed by atoms with Crippen LogP contribution in [0.1, 0.15) is 62.0 Å². The van der Waals surface area contributed by atoms with E-state index in [9.17, 15) is 14.3 Å². The Labute approximate surface area is 166 Å². The van der Waals surface area contributed by atoms with E-state index >= 15 is 0 Å². The Hall–Kier alpha value is -2.36. The number of carbonyl (C=O) groups is 1. The zero-order valence-corrected chi connectivity index (χ0v) is 16.2. The second kappa shape index (κ2) is 7.94. The minimum absolute atomic E-state index is 0.182. The molecule has 1 aliphatic carbocycles. The summed E-state index contributed by atoms with van der Waals surface area (Å²) in [7, 11) is 0. The fourth-order valence-electron chi connectivity index (χ4n) is 4.98. The van der Waals surface area contributed by atoms with Crippen LogP contribution >= 0.6 is 0 Å². The number of anilines is 1. The van der Waals surface area contributed by atoms with Crippen molar-refractivity contribution in [2.75, 3.05) is 18.0 Å². The zero-order valence-electron chi connectivity index (χ0n) is 16.2. The Kier molecular flexibility index (Phi) is 5.38. The highest BCUT2D eigenvalue weighted by Gasteiger charge is 2.41. The van der Waals surface area contributed by atoms with E-state index in [2.05, 4.69) is 17.0 Å². The van der Waals surface area contributed by atoms with Crippen LogP contribution in [0.2, 0.25) is 0 Å². The quantitative estimate of drug-likeness (QED) is 0.761. The Bertz CT molecular complexity index is 802. The molecule has 1 saturated heterocycles. The van der Waals surface area contributed by atoms with E-state index < -0.39 is 11.4 Å². The number of carboxylic acid groups (broad SMARTS) is 1. The van der Waals surface area contributed by atoms with Crippen molar-refractivity contribution in [2.45, 2.75) is 56.3 Å². The largest absolute Gasteiger partial charge is 0.481 e. The van der Waals surface area contributed by atoms with E-state index in [0.29, 0.717) is 5.92 Å². The molecule has 0 bridgehead atoms. The van der Waals surface area contributed by atoms with Gasteiger partial charge in [0.05, 0.1) is 5.41 Å². The topological polar surface area (TPSA) is 40.5 Å². The number of aliphatic carboxylic acids is 1. The molecule has 1 N–H and O–H groups in total. The molecule has 0 atom stereocenters. The van der Waals surface area contributed by atoms with Crippen LogP contribution in [-0.4, -0.2) is 24.2 Å². The average Bonchev–Trinajstić information content (AvgIpc) is 2.75. The maximum absolute atomic E-state index is 13.1. The van der Waals surface area contributed by atoms with Crippen LogP contribution in [0.4, 0.5) is 10.1 Å². The van der Waals surface area contributed by atoms with E-state index in [0.717, 1.165) is 69.3 Å². The van der Waals surface area contributed by atoms with Crippen molar-refractivity contribution >= 4 is 11.7 Å². The molecule has 1 heterocycles. The van der Waals surface area contributed by atoms with Crippen LogP contribution in [0.15, 0.2) is 48.5 Å². The van der Waals surface area contributed by atoms with Crippen LogP contribution in [0, 0.1) is 5.82 Å². The molecule has 3 nitrogen and oxygen atoms in total.